The van der Waals surface area contributed by atoms with Crippen LogP contribution >= 0.6 is 0 Å². The number of aliphatic hydroxyl groups excluding tert-OH is 1. The molecule has 1 heterocycles. The molecule has 0 saturated carbocycles. The number of methoxy groups -OCH3 is 1. The number of carbonyl (C=O) groups is 3. The molecule has 0 aliphatic carbocycles. The minimum absolute atomic E-state index is 0.0804. The van der Waals surface area contributed by atoms with Crippen LogP contribution in [0, 0.1) is 10.8 Å². The average molecular weight is 534 g/mol. The van der Waals surface area contributed by atoms with Gasteiger partial charge >= 0.3 is 5.97 Å². The van der Waals surface area contributed by atoms with Crippen LogP contribution < -0.4 is 21.1 Å². The number of aliphatic hydroxyl groups is 1. The van der Waals surface area contributed by atoms with Gasteiger partial charge in [-0.2, -0.15) is 0 Å². The number of benzene rings is 2. The summed E-state index contributed by atoms with van der Waals surface area (Å²) in [5.41, 5.74) is 6.08. The van der Waals surface area contributed by atoms with Gasteiger partial charge in [0.25, 0.3) is 11.8 Å². The second-order valence-electron chi connectivity index (χ2n) is 9.84. The molecule has 3 rings (SSSR count). The maximum Gasteiger partial charge on any atom is 0.336 e. The number of anilines is 1. The number of rotatable bonds is 9. The first-order chi connectivity index (χ1) is 18.3. The van der Waals surface area contributed by atoms with Gasteiger partial charge in [0.2, 0.25) is 5.88 Å². The third kappa shape index (κ3) is 6.76. The van der Waals surface area contributed by atoms with E-state index in [9.17, 15) is 24.6 Å². The van der Waals surface area contributed by atoms with Crippen molar-refractivity contribution < 1.29 is 29.3 Å². The highest BCUT2D eigenvalue weighted by atomic mass is 16.5. The molecule has 0 radical (unpaired) electrons. The van der Waals surface area contributed by atoms with E-state index in [1.165, 1.54) is 37.4 Å². The van der Waals surface area contributed by atoms with E-state index in [0.29, 0.717) is 11.3 Å². The topological polar surface area (TPSA) is 188 Å². The highest BCUT2D eigenvalue weighted by Crippen LogP contribution is 2.30. The van der Waals surface area contributed by atoms with Gasteiger partial charge in [0.05, 0.1) is 25.3 Å². The number of aromatic carboxylic acids is 1. The summed E-state index contributed by atoms with van der Waals surface area (Å²) in [6, 6.07) is 12.9. The van der Waals surface area contributed by atoms with Crippen LogP contribution in [0.15, 0.2) is 54.6 Å². The number of pyridine rings is 1. The molecule has 7 N–H and O–H groups in total. The molecule has 1 unspecified atom stereocenters. The van der Waals surface area contributed by atoms with Crippen molar-refractivity contribution in [3.05, 3.63) is 77.0 Å². The summed E-state index contributed by atoms with van der Waals surface area (Å²) in [5, 5.41) is 32.6. The van der Waals surface area contributed by atoms with E-state index in [1.54, 1.807) is 24.3 Å². The van der Waals surface area contributed by atoms with Crippen molar-refractivity contribution in [3.8, 4) is 17.0 Å². The van der Waals surface area contributed by atoms with Crippen molar-refractivity contribution in [2.45, 2.75) is 26.8 Å². The van der Waals surface area contributed by atoms with Gasteiger partial charge in [0.15, 0.2) is 0 Å². The van der Waals surface area contributed by atoms with Crippen LogP contribution in [0.25, 0.3) is 11.1 Å². The fourth-order valence-corrected chi connectivity index (χ4v) is 3.74. The van der Waals surface area contributed by atoms with E-state index in [0.717, 1.165) is 0 Å². The number of carboxylic acids is 1. The number of aromatic nitrogens is 1. The summed E-state index contributed by atoms with van der Waals surface area (Å²) >= 11 is 0. The highest BCUT2D eigenvalue weighted by molar-refractivity contribution is 6.10. The van der Waals surface area contributed by atoms with Gasteiger partial charge in [-0.15, -0.1) is 0 Å². The second kappa shape index (κ2) is 11.7. The molecule has 39 heavy (non-hydrogen) atoms. The first-order valence-corrected chi connectivity index (χ1v) is 12.0. The molecular formula is C28H31N5O6. The first kappa shape index (κ1) is 28.8. The summed E-state index contributed by atoms with van der Waals surface area (Å²) in [6.45, 7) is 5.30. The lowest BCUT2D eigenvalue weighted by atomic mass is 9.87. The van der Waals surface area contributed by atoms with E-state index < -0.39 is 29.2 Å². The molecule has 3 aromatic rings. The molecule has 2 amide bonds. The number of amidine groups is 1. The Kier molecular flexibility index (Phi) is 8.67. The Morgan fingerprint density at radius 3 is 2.15 bits per heavy atom. The lowest BCUT2D eigenvalue weighted by Crippen LogP contribution is -2.46. The standard InChI is InChI=1S/C28H31N5O6/c1-28(2,3)21(14-34)32-25(35)16-7-10-18(20(13-16)27(37)38)19-11-12-22(39-4)33-23(19)26(36)31-17-8-5-15(6-9-17)24(29)30/h5-13,21,34H,14H2,1-4H3,(H3,29,30)(H,31,36)(H,32,35)(H,37,38). The van der Waals surface area contributed by atoms with Gasteiger partial charge in [-0.1, -0.05) is 26.8 Å². The maximum atomic E-state index is 13.3. The minimum Gasteiger partial charge on any atom is -0.481 e. The van der Waals surface area contributed by atoms with Crippen LogP contribution in [-0.2, 0) is 0 Å². The molecule has 0 aliphatic rings. The zero-order chi connectivity index (χ0) is 28.9. The van der Waals surface area contributed by atoms with Crippen molar-refractivity contribution in [1.82, 2.24) is 10.3 Å². The van der Waals surface area contributed by atoms with Crippen LogP contribution in [0.2, 0.25) is 0 Å². The Morgan fingerprint density at radius 1 is 1.00 bits per heavy atom. The smallest absolute Gasteiger partial charge is 0.336 e. The number of nitrogens with two attached hydrogens (primary N) is 1. The molecule has 1 atom stereocenters. The third-order valence-corrected chi connectivity index (χ3v) is 6.08. The van der Waals surface area contributed by atoms with Gasteiger partial charge < -0.3 is 31.3 Å². The largest absolute Gasteiger partial charge is 0.481 e. The number of hydrogen-bond acceptors (Lipinski definition) is 7. The van der Waals surface area contributed by atoms with Gasteiger partial charge in [0, 0.05) is 28.4 Å². The molecular weight excluding hydrogens is 502 g/mol. The van der Waals surface area contributed by atoms with Crippen LogP contribution in [-0.4, -0.2) is 58.6 Å². The summed E-state index contributed by atoms with van der Waals surface area (Å²) in [5.74, 6) is -2.46. The van der Waals surface area contributed by atoms with E-state index in [-0.39, 0.29) is 46.3 Å². The van der Waals surface area contributed by atoms with E-state index >= 15 is 0 Å². The quantitative estimate of drug-likeness (QED) is 0.179. The first-order valence-electron chi connectivity index (χ1n) is 12.0. The Bertz CT molecular complexity index is 1410. The number of amides is 2. The van der Waals surface area contributed by atoms with E-state index in [2.05, 4.69) is 15.6 Å². The zero-order valence-corrected chi connectivity index (χ0v) is 22.0. The number of nitrogen functional groups attached to an aromatic ring is 1. The predicted octanol–water partition coefficient (Wildman–Crippen LogP) is 3.13. The predicted molar refractivity (Wildman–Crippen MR) is 146 cm³/mol. The van der Waals surface area contributed by atoms with Gasteiger partial charge in [-0.3, -0.25) is 15.0 Å². The van der Waals surface area contributed by atoms with Crippen molar-refractivity contribution in [2.75, 3.05) is 19.0 Å². The van der Waals surface area contributed by atoms with Crippen molar-refractivity contribution in [3.63, 3.8) is 0 Å². The highest BCUT2D eigenvalue weighted by Gasteiger charge is 2.27. The van der Waals surface area contributed by atoms with Crippen LogP contribution in [0.3, 0.4) is 0 Å². The fourth-order valence-electron chi connectivity index (χ4n) is 3.74. The Hall–Kier alpha value is -4.77. The molecule has 0 fully saturated rings. The molecule has 204 valence electrons. The normalized spacial score (nSPS) is 11.8. The number of hydrogen-bond donors (Lipinski definition) is 6. The molecule has 0 aliphatic heterocycles. The van der Waals surface area contributed by atoms with Gasteiger partial charge in [-0.25, -0.2) is 9.78 Å². The molecule has 11 heteroatoms. The number of carbonyl (C=O) groups excluding carboxylic acids is 2. The van der Waals surface area contributed by atoms with Crippen molar-refractivity contribution in [2.24, 2.45) is 11.1 Å². The Balaban J connectivity index is 2.02. The summed E-state index contributed by atoms with van der Waals surface area (Å²) in [4.78, 5) is 42.7. The molecule has 0 bridgehead atoms. The summed E-state index contributed by atoms with van der Waals surface area (Å²) in [6.07, 6.45) is 0. The summed E-state index contributed by atoms with van der Waals surface area (Å²) < 4.78 is 5.17. The molecule has 11 nitrogen and oxygen atoms in total. The molecule has 0 spiro atoms. The Labute approximate surface area is 225 Å². The molecule has 1 aromatic heterocycles. The minimum atomic E-state index is -1.31. The molecule has 0 saturated heterocycles. The maximum absolute atomic E-state index is 13.3. The SMILES string of the molecule is COc1ccc(-c2ccc(C(=O)NC(CO)C(C)(C)C)cc2C(=O)O)c(C(=O)Nc2ccc(C(=N)N)cc2)n1. The number of carboxylic acid groups (broad SMARTS) is 1. The van der Waals surface area contributed by atoms with E-state index in [4.69, 9.17) is 15.9 Å². The second-order valence-corrected chi connectivity index (χ2v) is 9.84. The molecule has 2 aromatic carbocycles. The summed E-state index contributed by atoms with van der Waals surface area (Å²) in [7, 11) is 1.39. The van der Waals surface area contributed by atoms with Crippen LogP contribution in [0.4, 0.5) is 5.69 Å². The van der Waals surface area contributed by atoms with Gasteiger partial charge in [-0.05, 0) is 53.4 Å². The lowest BCUT2D eigenvalue weighted by Gasteiger charge is -2.29. The van der Waals surface area contributed by atoms with Gasteiger partial charge in [0.1, 0.15) is 11.5 Å². The van der Waals surface area contributed by atoms with Crippen molar-refractivity contribution >= 4 is 29.3 Å². The number of ether oxygens (including phenoxy) is 1. The average Bonchev–Trinajstić information content (AvgIpc) is 2.90. The number of nitrogens with zero attached hydrogens (tertiary/aromatic N) is 1. The lowest BCUT2D eigenvalue weighted by molar-refractivity contribution is 0.0697. The van der Waals surface area contributed by atoms with Crippen LogP contribution in [0.1, 0.15) is 57.5 Å². The third-order valence-electron chi connectivity index (χ3n) is 6.08. The Morgan fingerprint density at radius 2 is 1.62 bits per heavy atom. The zero-order valence-electron chi connectivity index (χ0n) is 22.0. The van der Waals surface area contributed by atoms with Crippen molar-refractivity contribution in [1.29, 1.82) is 5.41 Å². The van der Waals surface area contributed by atoms with Crippen LogP contribution in [0.5, 0.6) is 5.88 Å². The van der Waals surface area contributed by atoms with E-state index in [1.807, 2.05) is 20.8 Å². The fraction of sp³-hybridized carbons (Fsp3) is 0.250. The monoisotopic (exact) mass is 533 g/mol. The number of nitrogens with one attached hydrogen (secondary N) is 3.